The van der Waals surface area contributed by atoms with Crippen molar-refractivity contribution in [1.29, 1.82) is 0 Å². The second-order valence-electron chi connectivity index (χ2n) is 3.60. The number of carbonyl (C=O) groups is 2. The van der Waals surface area contributed by atoms with Gasteiger partial charge in [-0.3, -0.25) is 10.1 Å². The molecule has 0 aliphatic heterocycles. The van der Waals surface area contributed by atoms with Gasteiger partial charge in [-0.15, -0.1) is 6.42 Å². The van der Waals surface area contributed by atoms with Crippen molar-refractivity contribution in [3.8, 4) is 12.3 Å². The van der Waals surface area contributed by atoms with Gasteiger partial charge in [0.1, 0.15) is 6.54 Å². The van der Waals surface area contributed by atoms with Crippen LogP contribution in [-0.4, -0.2) is 25.5 Å². The van der Waals surface area contributed by atoms with Crippen LogP contribution in [0.1, 0.15) is 11.6 Å². The lowest BCUT2D eigenvalue weighted by molar-refractivity contribution is -0.672. The number of benzene rings is 1. The lowest BCUT2D eigenvalue weighted by Gasteiger charge is -2.13. The molecule has 1 aromatic carbocycles. The van der Waals surface area contributed by atoms with E-state index in [4.69, 9.17) is 6.42 Å². The highest BCUT2D eigenvalue weighted by Gasteiger charge is 2.24. The Labute approximate surface area is 106 Å². The highest BCUT2D eigenvalue weighted by atomic mass is 16.2. The Morgan fingerprint density at radius 1 is 1.39 bits per heavy atom. The maximum atomic E-state index is 11.9. The maximum Gasteiger partial charge on any atom is 0.321 e. The van der Waals surface area contributed by atoms with E-state index in [0.717, 1.165) is 5.56 Å². The van der Waals surface area contributed by atoms with Crippen LogP contribution in [0.4, 0.5) is 4.79 Å². The lowest BCUT2D eigenvalue weighted by Crippen LogP contribution is -2.87. The molecule has 5 nitrogen and oxygen atoms in total. The molecule has 0 fully saturated rings. The van der Waals surface area contributed by atoms with Crippen LogP contribution in [0.25, 0.3) is 0 Å². The minimum absolute atomic E-state index is 0.362. The minimum Gasteiger partial charge on any atom is -0.341 e. The van der Waals surface area contributed by atoms with E-state index in [2.05, 4.69) is 16.6 Å². The molecule has 0 saturated carbocycles. The maximum absolute atomic E-state index is 11.9. The quantitative estimate of drug-likeness (QED) is 0.619. The molecule has 0 saturated heterocycles. The van der Waals surface area contributed by atoms with Crippen molar-refractivity contribution in [1.82, 2.24) is 10.6 Å². The van der Waals surface area contributed by atoms with E-state index in [1.54, 1.807) is 5.32 Å². The van der Waals surface area contributed by atoms with Gasteiger partial charge in [0.25, 0.3) is 5.91 Å². The van der Waals surface area contributed by atoms with Crippen LogP contribution >= 0.6 is 0 Å². The van der Waals surface area contributed by atoms with Crippen LogP contribution in [0.3, 0.4) is 0 Å². The fourth-order valence-corrected chi connectivity index (χ4v) is 1.49. The Kier molecular flexibility index (Phi) is 5.42. The first-order valence-corrected chi connectivity index (χ1v) is 5.53. The lowest BCUT2D eigenvalue weighted by atomic mass is 10.1. The number of carbonyl (C=O) groups excluding carboxylic acids is 2. The van der Waals surface area contributed by atoms with Crippen molar-refractivity contribution < 1.29 is 14.9 Å². The molecule has 1 aromatic rings. The topological polar surface area (TPSA) is 74.8 Å². The summed E-state index contributed by atoms with van der Waals surface area (Å²) in [5.74, 6) is 2.06. The first kappa shape index (κ1) is 13.7. The largest absolute Gasteiger partial charge is 0.341 e. The first-order chi connectivity index (χ1) is 8.69. The molecule has 0 heterocycles. The van der Waals surface area contributed by atoms with Gasteiger partial charge >= 0.3 is 6.03 Å². The van der Waals surface area contributed by atoms with Gasteiger partial charge in [0, 0.05) is 12.6 Å². The van der Waals surface area contributed by atoms with Gasteiger partial charge in [-0.1, -0.05) is 30.3 Å². The van der Waals surface area contributed by atoms with Gasteiger partial charge < -0.3 is 10.6 Å². The summed E-state index contributed by atoms with van der Waals surface area (Å²) in [4.78, 5) is 23.1. The van der Waals surface area contributed by atoms with Crippen molar-refractivity contribution >= 4 is 11.9 Å². The number of nitrogens with one attached hydrogen (secondary N) is 2. The van der Waals surface area contributed by atoms with Crippen LogP contribution < -0.4 is 16.0 Å². The van der Waals surface area contributed by atoms with Gasteiger partial charge in [-0.2, -0.15) is 0 Å². The number of amides is 3. The van der Waals surface area contributed by atoms with Gasteiger partial charge in [0.15, 0.2) is 6.04 Å². The SMILES string of the molecule is C#CC[NH2+][C@H](C(=O)NC(=O)NC)c1ccccc1. The van der Waals surface area contributed by atoms with Gasteiger partial charge in [-0.05, 0) is 5.92 Å². The molecule has 94 valence electrons. The molecule has 0 aliphatic carbocycles. The number of nitrogens with two attached hydrogens (primary N) is 1. The zero-order chi connectivity index (χ0) is 13.4. The summed E-state index contributed by atoms with van der Waals surface area (Å²) >= 11 is 0. The van der Waals surface area contributed by atoms with Crippen molar-refractivity contribution in [2.24, 2.45) is 0 Å². The number of urea groups is 1. The number of quaternary nitrogens is 1. The minimum atomic E-state index is -0.532. The van der Waals surface area contributed by atoms with Crippen molar-refractivity contribution in [3.05, 3.63) is 35.9 Å². The average Bonchev–Trinajstić information content (AvgIpc) is 2.40. The second kappa shape index (κ2) is 7.09. The highest BCUT2D eigenvalue weighted by Crippen LogP contribution is 2.07. The Morgan fingerprint density at radius 2 is 2.06 bits per heavy atom. The van der Waals surface area contributed by atoms with E-state index in [9.17, 15) is 9.59 Å². The third kappa shape index (κ3) is 3.92. The fourth-order valence-electron chi connectivity index (χ4n) is 1.49. The standard InChI is InChI=1S/C13H15N3O2/c1-3-9-15-11(10-7-5-4-6-8-10)12(17)16-13(18)14-2/h1,4-8,11,15H,9H2,2H3,(H2,14,16,17,18)/p+1/t11-/m0/s1. The van der Waals surface area contributed by atoms with E-state index >= 15 is 0 Å². The van der Waals surface area contributed by atoms with Crippen LogP contribution in [0.15, 0.2) is 30.3 Å². The average molecular weight is 246 g/mol. The summed E-state index contributed by atoms with van der Waals surface area (Å²) in [5, 5.41) is 6.28. The van der Waals surface area contributed by atoms with E-state index < -0.39 is 18.0 Å². The van der Waals surface area contributed by atoms with Crippen molar-refractivity contribution in [2.75, 3.05) is 13.6 Å². The molecule has 4 N–H and O–H groups in total. The van der Waals surface area contributed by atoms with E-state index in [1.165, 1.54) is 7.05 Å². The van der Waals surface area contributed by atoms with Crippen LogP contribution in [0, 0.1) is 12.3 Å². The van der Waals surface area contributed by atoms with Gasteiger partial charge in [0.05, 0.1) is 0 Å². The van der Waals surface area contributed by atoms with Crippen molar-refractivity contribution in [2.45, 2.75) is 6.04 Å². The molecule has 0 bridgehead atoms. The number of imide groups is 1. The summed E-state index contributed by atoms with van der Waals surface area (Å²) in [6.45, 7) is 0.362. The van der Waals surface area contributed by atoms with Gasteiger partial charge in [-0.25, -0.2) is 4.79 Å². The van der Waals surface area contributed by atoms with Crippen LogP contribution in [-0.2, 0) is 4.79 Å². The molecule has 5 heteroatoms. The summed E-state index contributed by atoms with van der Waals surface area (Å²) in [6.07, 6.45) is 5.19. The molecular formula is C13H16N3O2+. The molecule has 0 aromatic heterocycles. The monoisotopic (exact) mass is 246 g/mol. The number of hydrogen-bond donors (Lipinski definition) is 3. The fraction of sp³-hybridized carbons (Fsp3) is 0.231. The number of rotatable bonds is 4. The van der Waals surface area contributed by atoms with Crippen LogP contribution in [0.5, 0.6) is 0 Å². The highest BCUT2D eigenvalue weighted by molar-refractivity contribution is 5.96. The Morgan fingerprint density at radius 3 is 2.61 bits per heavy atom. The van der Waals surface area contributed by atoms with E-state index in [-0.39, 0.29) is 0 Å². The van der Waals surface area contributed by atoms with Crippen molar-refractivity contribution in [3.63, 3.8) is 0 Å². The predicted molar refractivity (Wildman–Crippen MR) is 67.4 cm³/mol. The Balaban J connectivity index is 2.82. The summed E-state index contributed by atoms with van der Waals surface area (Å²) in [7, 11) is 1.45. The summed E-state index contributed by atoms with van der Waals surface area (Å²) < 4.78 is 0. The smallest absolute Gasteiger partial charge is 0.321 e. The van der Waals surface area contributed by atoms with Crippen LogP contribution in [0.2, 0.25) is 0 Å². The molecular weight excluding hydrogens is 230 g/mol. The summed E-state index contributed by atoms with van der Waals surface area (Å²) in [6, 6.07) is 8.11. The molecule has 1 atom stereocenters. The van der Waals surface area contributed by atoms with Gasteiger partial charge in [0.2, 0.25) is 0 Å². The summed E-state index contributed by atoms with van der Waals surface area (Å²) in [5.41, 5.74) is 0.800. The molecule has 0 spiro atoms. The molecule has 1 rings (SSSR count). The molecule has 3 amide bonds. The zero-order valence-electron chi connectivity index (χ0n) is 10.1. The number of terminal acetylenes is 1. The molecule has 18 heavy (non-hydrogen) atoms. The van der Waals surface area contributed by atoms with E-state index in [1.807, 2.05) is 30.3 Å². The third-order valence-electron chi connectivity index (χ3n) is 2.38. The third-order valence-corrected chi connectivity index (χ3v) is 2.38. The molecule has 0 unspecified atom stereocenters. The molecule has 0 aliphatic rings. The molecule has 0 radical (unpaired) electrons. The normalized spacial score (nSPS) is 11.1. The Hall–Kier alpha value is -2.32. The first-order valence-electron chi connectivity index (χ1n) is 5.53. The Bertz CT molecular complexity index is 451. The van der Waals surface area contributed by atoms with E-state index in [0.29, 0.717) is 6.54 Å². The zero-order valence-corrected chi connectivity index (χ0v) is 10.1. The number of hydrogen-bond acceptors (Lipinski definition) is 2. The second-order valence-corrected chi connectivity index (χ2v) is 3.60. The predicted octanol–water partition coefficient (Wildman–Crippen LogP) is -0.620.